The van der Waals surface area contributed by atoms with Crippen LogP contribution in [0, 0.1) is 0 Å². The number of rotatable bonds is 5. The lowest BCUT2D eigenvalue weighted by Gasteiger charge is -2.31. The topological polar surface area (TPSA) is 24.5 Å². The Morgan fingerprint density at radius 1 is 1.08 bits per heavy atom. The van der Waals surface area contributed by atoms with Crippen molar-refractivity contribution in [2.45, 2.75) is 16.2 Å². The van der Waals surface area contributed by atoms with Crippen molar-refractivity contribution in [3.05, 3.63) is 48.0 Å². The van der Waals surface area contributed by atoms with Gasteiger partial charge in [-0.05, 0) is 36.4 Å². The van der Waals surface area contributed by atoms with Crippen LogP contribution in [0.4, 0.5) is 14.5 Å². The van der Waals surface area contributed by atoms with Crippen molar-refractivity contribution in [3.8, 4) is 5.75 Å². The summed E-state index contributed by atoms with van der Waals surface area (Å²) in [6.07, 6.45) is -2.45. The zero-order chi connectivity index (χ0) is 16.9. The SMILES string of the molecule is COc1ccc(Sc2ccc(C(F)F)cc2N2CCNCC2)cc1. The number of nitrogens with zero attached hydrogens (tertiary/aromatic N) is 1. The molecule has 1 aliphatic rings. The molecule has 2 aromatic rings. The molecule has 0 spiro atoms. The van der Waals surface area contributed by atoms with Gasteiger partial charge in [0.2, 0.25) is 0 Å². The van der Waals surface area contributed by atoms with E-state index in [1.807, 2.05) is 24.3 Å². The van der Waals surface area contributed by atoms with Crippen LogP contribution in [0.5, 0.6) is 5.75 Å². The molecule has 0 aromatic heterocycles. The summed E-state index contributed by atoms with van der Waals surface area (Å²) < 4.78 is 31.4. The molecule has 1 heterocycles. The third kappa shape index (κ3) is 3.99. The smallest absolute Gasteiger partial charge is 0.263 e. The second kappa shape index (κ2) is 7.85. The van der Waals surface area contributed by atoms with E-state index in [0.29, 0.717) is 0 Å². The van der Waals surface area contributed by atoms with Crippen molar-refractivity contribution in [1.82, 2.24) is 5.32 Å². The Kier molecular flexibility index (Phi) is 5.58. The highest BCUT2D eigenvalue weighted by Crippen LogP contribution is 2.38. The van der Waals surface area contributed by atoms with Gasteiger partial charge in [-0.1, -0.05) is 17.8 Å². The van der Waals surface area contributed by atoms with Gasteiger partial charge in [-0.25, -0.2) is 8.78 Å². The first kappa shape index (κ1) is 17.0. The lowest BCUT2D eigenvalue weighted by atomic mass is 10.2. The van der Waals surface area contributed by atoms with E-state index in [1.165, 1.54) is 6.07 Å². The molecule has 0 unspecified atom stereocenters. The number of halogens is 2. The first-order valence-corrected chi connectivity index (χ1v) is 8.68. The van der Waals surface area contributed by atoms with Gasteiger partial charge in [0.15, 0.2) is 0 Å². The van der Waals surface area contributed by atoms with Crippen molar-refractivity contribution in [3.63, 3.8) is 0 Å². The van der Waals surface area contributed by atoms with Crippen LogP contribution in [0.1, 0.15) is 12.0 Å². The summed E-state index contributed by atoms with van der Waals surface area (Å²) in [7, 11) is 1.63. The minimum atomic E-state index is -2.45. The van der Waals surface area contributed by atoms with Gasteiger partial charge in [-0.2, -0.15) is 0 Å². The van der Waals surface area contributed by atoms with Crippen LogP contribution < -0.4 is 15.0 Å². The van der Waals surface area contributed by atoms with Gasteiger partial charge in [0, 0.05) is 41.5 Å². The van der Waals surface area contributed by atoms with Crippen molar-refractivity contribution in [1.29, 1.82) is 0 Å². The molecule has 0 radical (unpaired) electrons. The lowest BCUT2D eigenvalue weighted by Crippen LogP contribution is -2.43. The summed E-state index contributed by atoms with van der Waals surface area (Å²) in [5, 5.41) is 3.29. The van der Waals surface area contributed by atoms with E-state index in [4.69, 9.17) is 4.74 Å². The predicted octanol–water partition coefficient (Wildman–Crippen LogP) is 4.19. The summed E-state index contributed by atoms with van der Waals surface area (Å²) in [5.74, 6) is 0.801. The van der Waals surface area contributed by atoms with Gasteiger partial charge < -0.3 is 15.0 Å². The molecule has 128 valence electrons. The van der Waals surface area contributed by atoms with E-state index in [-0.39, 0.29) is 5.56 Å². The molecule has 1 fully saturated rings. The Balaban J connectivity index is 1.89. The van der Waals surface area contributed by atoms with Crippen LogP contribution in [0.2, 0.25) is 0 Å². The summed E-state index contributed by atoms with van der Waals surface area (Å²) in [4.78, 5) is 4.22. The number of piperazine rings is 1. The van der Waals surface area contributed by atoms with Crippen LogP contribution in [-0.4, -0.2) is 33.3 Å². The Bertz CT molecular complexity index is 673. The number of hydrogen-bond donors (Lipinski definition) is 1. The molecule has 0 amide bonds. The zero-order valence-corrected chi connectivity index (χ0v) is 14.3. The number of hydrogen-bond acceptors (Lipinski definition) is 4. The summed E-state index contributed by atoms with van der Waals surface area (Å²) in [6.45, 7) is 3.38. The fraction of sp³-hybridized carbons (Fsp3) is 0.333. The van der Waals surface area contributed by atoms with E-state index in [1.54, 1.807) is 31.0 Å². The average molecular weight is 350 g/mol. The monoisotopic (exact) mass is 350 g/mol. The van der Waals surface area contributed by atoms with Crippen LogP contribution in [0.3, 0.4) is 0 Å². The molecule has 3 nitrogen and oxygen atoms in total. The van der Waals surface area contributed by atoms with Gasteiger partial charge in [-0.15, -0.1) is 0 Å². The Morgan fingerprint density at radius 3 is 2.42 bits per heavy atom. The first-order chi connectivity index (χ1) is 11.7. The van der Waals surface area contributed by atoms with E-state index < -0.39 is 6.43 Å². The van der Waals surface area contributed by atoms with E-state index in [0.717, 1.165) is 47.4 Å². The highest BCUT2D eigenvalue weighted by atomic mass is 32.2. The quantitative estimate of drug-likeness (QED) is 0.874. The molecule has 1 N–H and O–H groups in total. The zero-order valence-electron chi connectivity index (χ0n) is 13.5. The molecule has 0 bridgehead atoms. The maximum atomic E-state index is 13.1. The van der Waals surface area contributed by atoms with E-state index >= 15 is 0 Å². The number of anilines is 1. The van der Waals surface area contributed by atoms with Crippen LogP contribution in [0.15, 0.2) is 52.3 Å². The fourth-order valence-electron chi connectivity index (χ4n) is 2.68. The lowest BCUT2D eigenvalue weighted by molar-refractivity contribution is 0.151. The maximum Gasteiger partial charge on any atom is 0.263 e. The third-order valence-corrected chi connectivity index (χ3v) is 5.05. The summed E-state index contributed by atoms with van der Waals surface area (Å²) in [5.41, 5.74) is 0.956. The van der Waals surface area contributed by atoms with E-state index in [9.17, 15) is 8.78 Å². The fourth-order valence-corrected chi connectivity index (χ4v) is 3.63. The van der Waals surface area contributed by atoms with Crippen LogP contribution in [-0.2, 0) is 0 Å². The highest BCUT2D eigenvalue weighted by Gasteiger charge is 2.18. The molecule has 3 rings (SSSR count). The molecule has 6 heteroatoms. The average Bonchev–Trinajstić information content (AvgIpc) is 2.63. The molecular formula is C18H20F2N2OS. The third-order valence-electron chi connectivity index (χ3n) is 3.98. The Labute approximate surface area is 145 Å². The molecule has 0 aliphatic carbocycles. The molecule has 1 aliphatic heterocycles. The second-order valence-corrected chi connectivity index (χ2v) is 6.66. The van der Waals surface area contributed by atoms with Gasteiger partial charge in [0.05, 0.1) is 12.8 Å². The molecule has 2 aromatic carbocycles. The number of alkyl halides is 2. The normalized spacial score (nSPS) is 14.9. The molecule has 0 atom stereocenters. The standard InChI is InChI=1S/C18H20F2N2OS/c1-23-14-3-5-15(6-4-14)24-17-7-2-13(18(19)20)12-16(17)22-10-8-21-9-11-22/h2-7,12,18,21H,8-11H2,1H3. The van der Waals surface area contributed by atoms with Crippen LogP contribution >= 0.6 is 11.8 Å². The predicted molar refractivity (Wildman–Crippen MR) is 93.6 cm³/mol. The number of methoxy groups -OCH3 is 1. The Morgan fingerprint density at radius 2 is 1.79 bits per heavy atom. The molecule has 24 heavy (non-hydrogen) atoms. The minimum Gasteiger partial charge on any atom is -0.497 e. The van der Waals surface area contributed by atoms with Gasteiger partial charge >= 0.3 is 0 Å². The largest absolute Gasteiger partial charge is 0.497 e. The van der Waals surface area contributed by atoms with Crippen molar-refractivity contribution >= 4 is 17.4 Å². The van der Waals surface area contributed by atoms with Gasteiger partial charge in [0.25, 0.3) is 6.43 Å². The molecular weight excluding hydrogens is 330 g/mol. The molecule has 1 saturated heterocycles. The minimum absolute atomic E-state index is 0.0719. The van der Waals surface area contributed by atoms with Crippen molar-refractivity contribution in [2.24, 2.45) is 0 Å². The van der Waals surface area contributed by atoms with Crippen molar-refractivity contribution < 1.29 is 13.5 Å². The Hall–Kier alpha value is -1.79. The number of ether oxygens (including phenoxy) is 1. The first-order valence-electron chi connectivity index (χ1n) is 7.87. The van der Waals surface area contributed by atoms with Crippen molar-refractivity contribution in [2.75, 3.05) is 38.2 Å². The summed E-state index contributed by atoms with van der Waals surface area (Å²) in [6, 6.07) is 12.7. The van der Waals surface area contributed by atoms with Crippen LogP contribution in [0.25, 0.3) is 0 Å². The summed E-state index contributed by atoms with van der Waals surface area (Å²) >= 11 is 1.58. The highest BCUT2D eigenvalue weighted by molar-refractivity contribution is 7.99. The molecule has 0 saturated carbocycles. The second-order valence-electron chi connectivity index (χ2n) is 5.54. The number of nitrogens with one attached hydrogen (secondary N) is 1. The van der Waals surface area contributed by atoms with E-state index in [2.05, 4.69) is 10.2 Å². The number of benzene rings is 2. The van der Waals surface area contributed by atoms with Gasteiger partial charge in [0.1, 0.15) is 5.75 Å². The maximum absolute atomic E-state index is 13.1. The van der Waals surface area contributed by atoms with Gasteiger partial charge in [-0.3, -0.25) is 0 Å².